The van der Waals surface area contributed by atoms with Gasteiger partial charge in [0, 0.05) is 6.92 Å². The normalized spacial score (nSPS) is 8.80. The molecule has 0 fully saturated rings. The lowest BCUT2D eigenvalue weighted by molar-refractivity contribution is -0.140. The SMILES string of the molecule is C=CC(=O)Nc1cc(C)ccc1OC.CCOC(C)=O. The molecule has 5 heteroatoms. The van der Waals surface area contributed by atoms with Gasteiger partial charge in [0.05, 0.1) is 19.4 Å². The highest BCUT2D eigenvalue weighted by Gasteiger charge is 2.04. The van der Waals surface area contributed by atoms with Crippen molar-refractivity contribution in [3.05, 3.63) is 36.4 Å². The average Bonchev–Trinajstić information content (AvgIpc) is 2.39. The number of rotatable bonds is 4. The molecule has 0 unspecified atom stereocenters. The summed E-state index contributed by atoms with van der Waals surface area (Å²) >= 11 is 0. The van der Waals surface area contributed by atoms with Gasteiger partial charge >= 0.3 is 5.97 Å². The Balaban J connectivity index is 0.000000511. The van der Waals surface area contributed by atoms with Crippen molar-refractivity contribution in [2.24, 2.45) is 0 Å². The van der Waals surface area contributed by atoms with Crippen LogP contribution in [-0.4, -0.2) is 25.6 Å². The van der Waals surface area contributed by atoms with E-state index in [-0.39, 0.29) is 11.9 Å². The monoisotopic (exact) mass is 279 g/mol. The average molecular weight is 279 g/mol. The third-order valence-electron chi connectivity index (χ3n) is 2.15. The highest BCUT2D eigenvalue weighted by atomic mass is 16.5. The maximum absolute atomic E-state index is 11.1. The van der Waals surface area contributed by atoms with Gasteiger partial charge in [-0.1, -0.05) is 12.6 Å². The molecule has 0 radical (unpaired) electrons. The van der Waals surface area contributed by atoms with Crippen molar-refractivity contribution in [1.82, 2.24) is 0 Å². The van der Waals surface area contributed by atoms with Gasteiger partial charge in [-0.3, -0.25) is 9.59 Å². The minimum atomic E-state index is -0.242. The number of hydrogen-bond donors (Lipinski definition) is 1. The second kappa shape index (κ2) is 9.61. The number of esters is 1. The number of ether oxygens (including phenoxy) is 2. The van der Waals surface area contributed by atoms with Gasteiger partial charge in [0.15, 0.2) is 0 Å². The molecule has 1 N–H and O–H groups in total. The Labute approximate surface area is 119 Å². The molecule has 0 spiro atoms. The number of methoxy groups -OCH3 is 1. The second-order valence-electron chi connectivity index (χ2n) is 3.82. The summed E-state index contributed by atoms with van der Waals surface area (Å²) in [6.07, 6.45) is 1.22. The molecule has 1 aromatic carbocycles. The van der Waals surface area contributed by atoms with E-state index in [1.807, 2.05) is 25.1 Å². The Morgan fingerprint density at radius 1 is 1.40 bits per heavy atom. The summed E-state index contributed by atoms with van der Waals surface area (Å²) in [5.74, 6) is 0.192. The van der Waals surface area contributed by atoms with Gasteiger partial charge < -0.3 is 14.8 Å². The van der Waals surface area contributed by atoms with Crippen molar-refractivity contribution in [3.63, 3.8) is 0 Å². The van der Waals surface area contributed by atoms with Crippen LogP contribution in [0.2, 0.25) is 0 Å². The molecule has 0 atom stereocenters. The molecule has 20 heavy (non-hydrogen) atoms. The Hall–Kier alpha value is -2.30. The van der Waals surface area contributed by atoms with E-state index in [1.165, 1.54) is 13.0 Å². The van der Waals surface area contributed by atoms with Crippen molar-refractivity contribution < 1.29 is 19.1 Å². The van der Waals surface area contributed by atoms with E-state index in [4.69, 9.17) is 4.74 Å². The van der Waals surface area contributed by atoms with E-state index in [2.05, 4.69) is 16.6 Å². The molecule has 0 heterocycles. The van der Waals surface area contributed by atoms with E-state index in [1.54, 1.807) is 14.0 Å². The van der Waals surface area contributed by atoms with Gasteiger partial charge in [0.1, 0.15) is 5.75 Å². The molecule has 5 nitrogen and oxygen atoms in total. The third kappa shape index (κ3) is 7.20. The van der Waals surface area contributed by atoms with Crippen LogP contribution >= 0.6 is 0 Å². The zero-order valence-corrected chi connectivity index (χ0v) is 12.4. The summed E-state index contributed by atoms with van der Waals surface area (Å²) in [4.78, 5) is 20.9. The summed E-state index contributed by atoms with van der Waals surface area (Å²) in [6.45, 7) is 8.98. The van der Waals surface area contributed by atoms with Gasteiger partial charge in [-0.25, -0.2) is 0 Å². The molecule has 110 valence electrons. The standard InChI is InChI=1S/C11H13NO2.C4H8O2/c1-4-11(13)12-9-7-8(2)5-6-10(9)14-3;1-3-6-4(2)5/h4-7H,1H2,2-3H3,(H,12,13);3H2,1-2H3. The molecule has 0 saturated carbocycles. The van der Waals surface area contributed by atoms with Crippen LogP contribution in [0, 0.1) is 6.92 Å². The number of anilines is 1. The molecule has 1 amide bonds. The van der Waals surface area contributed by atoms with Crippen molar-refractivity contribution in [2.75, 3.05) is 19.0 Å². The first-order valence-corrected chi connectivity index (χ1v) is 6.16. The van der Waals surface area contributed by atoms with Crippen LogP contribution < -0.4 is 10.1 Å². The van der Waals surface area contributed by atoms with E-state index >= 15 is 0 Å². The molecule has 0 aliphatic heterocycles. The summed E-state index contributed by atoms with van der Waals surface area (Å²) in [6, 6.07) is 5.58. The Morgan fingerprint density at radius 2 is 2.05 bits per heavy atom. The maximum Gasteiger partial charge on any atom is 0.302 e. The fourth-order valence-corrected chi connectivity index (χ4v) is 1.31. The van der Waals surface area contributed by atoms with E-state index in [0.717, 1.165) is 5.56 Å². The molecule has 0 saturated heterocycles. The van der Waals surface area contributed by atoms with Crippen LogP contribution in [0.25, 0.3) is 0 Å². The fraction of sp³-hybridized carbons (Fsp3) is 0.333. The van der Waals surface area contributed by atoms with Gasteiger partial charge in [0.2, 0.25) is 5.91 Å². The topological polar surface area (TPSA) is 64.6 Å². The second-order valence-corrected chi connectivity index (χ2v) is 3.82. The molecule has 1 aromatic rings. The Morgan fingerprint density at radius 3 is 2.45 bits per heavy atom. The smallest absolute Gasteiger partial charge is 0.302 e. The minimum absolute atomic E-state index is 0.211. The number of hydrogen-bond acceptors (Lipinski definition) is 4. The van der Waals surface area contributed by atoms with E-state index in [9.17, 15) is 9.59 Å². The third-order valence-corrected chi connectivity index (χ3v) is 2.15. The number of aryl methyl sites for hydroxylation is 1. The molecular weight excluding hydrogens is 258 g/mol. The maximum atomic E-state index is 11.1. The van der Waals surface area contributed by atoms with Crippen molar-refractivity contribution >= 4 is 17.6 Å². The fourth-order valence-electron chi connectivity index (χ4n) is 1.31. The molecule has 0 aliphatic carbocycles. The lowest BCUT2D eigenvalue weighted by Crippen LogP contribution is -2.08. The molecular formula is C15H21NO4. The van der Waals surface area contributed by atoms with Crippen LogP contribution in [0.15, 0.2) is 30.9 Å². The zero-order valence-electron chi connectivity index (χ0n) is 12.4. The molecule has 1 rings (SSSR count). The molecule has 0 aromatic heterocycles. The molecule has 0 aliphatic rings. The van der Waals surface area contributed by atoms with Crippen LogP contribution in [0.5, 0.6) is 5.75 Å². The first kappa shape index (κ1) is 17.7. The number of carbonyl (C=O) groups is 2. The summed E-state index contributed by atoms with van der Waals surface area (Å²) in [5.41, 5.74) is 1.72. The Kier molecular flexibility index (Phi) is 8.50. The largest absolute Gasteiger partial charge is 0.495 e. The molecule has 0 bridgehead atoms. The summed E-state index contributed by atoms with van der Waals surface area (Å²) < 4.78 is 9.50. The van der Waals surface area contributed by atoms with E-state index < -0.39 is 0 Å². The number of carbonyl (C=O) groups excluding carboxylic acids is 2. The lowest BCUT2D eigenvalue weighted by atomic mass is 10.2. The summed E-state index contributed by atoms with van der Waals surface area (Å²) in [7, 11) is 1.56. The van der Waals surface area contributed by atoms with Crippen molar-refractivity contribution in [2.45, 2.75) is 20.8 Å². The van der Waals surface area contributed by atoms with E-state index in [0.29, 0.717) is 18.0 Å². The van der Waals surface area contributed by atoms with Crippen molar-refractivity contribution in [3.8, 4) is 5.75 Å². The summed E-state index contributed by atoms with van der Waals surface area (Å²) in [5, 5.41) is 2.67. The van der Waals surface area contributed by atoms with Gasteiger partial charge in [-0.15, -0.1) is 0 Å². The number of nitrogens with one attached hydrogen (secondary N) is 1. The van der Waals surface area contributed by atoms with Gasteiger partial charge in [0.25, 0.3) is 0 Å². The number of benzene rings is 1. The van der Waals surface area contributed by atoms with Gasteiger partial charge in [-0.2, -0.15) is 0 Å². The quantitative estimate of drug-likeness (QED) is 0.680. The lowest BCUT2D eigenvalue weighted by Gasteiger charge is -2.09. The first-order valence-electron chi connectivity index (χ1n) is 6.16. The van der Waals surface area contributed by atoms with Crippen LogP contribution in [-0.2, 0) is 14.3 Å². The number of amides is 1. The van der Waals surface area contributed by atoms with Crippen LogP contribution in [0.1, 0.15) is 19.4 Å². The minimum Gasteiger partial charge on any atom is -0.495 e. The van der Waals surface area contributed by atoms with Gasteiger partial charge in [-0.05, 0) is 37.6 Å². The van der Waals surface area contributed by atoms with Crippen LogP contribution in [0.4, 0.5) is 5.69 Å². The highest BCUT2D eigenvalue weighted by Crippen LogP contribution is 2.24. The predicted molar refractivity (Wildman–Crippen MR) is 78.9 cm³/mol. The van der Waals surface area contributed by atoms with Crippen LogP contribution in [0.3, 0.4) is 0 Å². The first-order chi connectivity index (χ1) is 9.44. The zero-order chi connectivity index (χ0) is 15.5. The van der Waals surface area contributed by atoms with Crippen molar-refractivity contribution in [1.29, 1.82) is 0 Å². The predicted octanol–water partition coefficient (Wildman–Crippen LogP) is 2.70. The Bertz CT molecular complexity index is 469. The highest BCUT2D eigenvalue weighted by molar-refractivity contribution is 5.99.